The molecular weight excluding hydrogens is 791 g/mol. The van der Waals surface area contributed by atoms with Gasteiger partial charge in [0.25, 0.3) is 0 Å². The molecule has 0 fully saturated rings. The van der Waals surface area contributed by atoms with Gasteiger partial charge in [-0.15, -0.1) is 0 Å². The third kappa shape index (κ3) is 7.28. The van der Waals surface area contributed by atoms with Crippen molar-refractivity contribution in [1.29, 1.82) is 0 Å². The molecule has 0 atom stereocenters. The summed E-state index contributed by atoms with van der Waals surface area (Å²) in [6.45, 7) is 9.68. The highest BCUT2D eigenvalue weighted by Crippen LogP contribution is 2.51. The molecule has 1 aliphatic rings. The summed E-state index contributed by atoms with van der Waals surface area (Å²) in [6.07, 6.45) is 1.86. The van der Waals surface area contributed by atoms with E-state index in [1.807, 2.05) is 18.2 Å². The molecule has 314 valence electrons. The van der Waals surface area contributed by atoms with E-state index in [0.717, 1.165) is 50.7 Å². The zero-order chi connectivity index (χ0) is 44.1. The molecule has 10 aromatic rings. The third-order valence-electron chi connectivity index (χ3n) is 13.3. The predicted molar refractivity (Wildman–Crippen MR) is 273 cm³/mol. The number of nitrogen functional groups attached to an aromatic ring is 1. The summed E-state index contributed by atoms with van der Waals surface area (Å²) in [5.41, 5.74) is 26.7. The number of fused-ring (bicyclic) bond motifs is 6. The Labute approximate surface area is 381 Å². The summed E-state index contributed by atoms with van der Waals surface area (Å²) in [7, 11) is 0. The van der Waals surface area contributed by atoms with E-state index in [9.17, 15) is 0 Å². The van der Waals surface area contributed by atoms with Gasteiger partial charge in [-0.2, -0.15) is 0 Å². The molecule has 0 bridgehead atoms. The number of hydrogen-bond donors (Lipinski definition) is 1. The number of nitrogens with zero attached hydrogens (tertiary/aromatic N) is 2. The first kappa shape index (κ1) is 39.9. The SMILES string of the molecule is C=Cc1ccc(COCc2ccc3c(c2)C(C)(C)c2cc(N(c4ccc(-c5ccc(N)cc5)cc4)c4ccc(-c5ccc6c(c5)c5ccccc5n6-c5ccccc5)cc4)ccc2-3)cc1. The number of aromatic nitrogens is 1. The van der Waals surface area contributed by atoms with Crippen molar-refractivity contribution >= 4 is 50.6 Å². The Morgan fingerprint density at radius 3 is 1.74 bits per heavy atom. The summed E-state index contributed by atoms with van der Waals surface area (Å²) in [5, 5.41) is 2.49. The minimum atomic E-state index is -0.214. The lowest BCUT2D eigenvalue weighted by molar-refractivity contribution is 0.107. The van der Waals surface area contributed by atoms with Crippen molar-refractivity contribution in [2.75, 3.05) is 10.6 Å². The van der Waals surface area contributed by atoms with E-state index in [4.69, 9.17) is 10.5 Å². The molecule has 0 saturated heterocycles. The Bertz CT molecular complexity index is 3360. The zero-order valence-electron chi connectivity index (χ0n) is 36.7. The van der Waals surface area contributed by atoms with Crippen LogP contribution in [0.3, 0.4) is 0 Å². The fraction of sp³-hybridized carbons (Fsp3) is 0.0820. The maximum Gasteiger partial charge on any atom is 0.0721 e. The molecule has 1 heterocycles. The Hall–Kier alpha value is -7.92. The van der Waals surface area contributed by atoms with Crippen molar-refractivity contribution in [2.45, 2.75) is 32.5 Å². The Balaban J connectivity index is 0.934. The fourth-order valence-electron chi connectivity index (χ4n) is 9.77. The topological polar surface area (TPSA) is 43.4 Å². The van der Waals surface area contributed by atoms with Crippen LogP contribution in [0.4, 0.5) is 22.7 Å². The molecule has 65 heavy (non-hydrogen) atoms. The highest BCUT2D eigenvalue weighted by molar-refractivity contribution is 6.10. The summed E-state index contributed by atoms with van der Waals surface area (Å²) < 4.78 is 8.59. The molecule has 11 rings (SSSR count). The van der Waals surface area contributed by atoms with Crippen molar-refractivity contribution in [1.82, 2.24) is 4.57 Å². The Morgan fingerprint density at radius 1 is 0.508 bits per heavy atom. The summed E-state index contributed by atoms with van der Waals surface area (Å²) in [5.74, 6) is 0. The van der Waals surface area contributed by atoms with Crippen LogP contribution in [-0.4, -0.2) is 4.57 Å². The van der Waals surface area contributed by atoms with Crippen LogP contribution in [0, 0.1) is 0 Å². The van der Waals surface area contributed by atoms with Crippen LogP contribution in [0.5, 0.6) is 0 Å². The average Bonchev–Trinajstić information content (AvgIpc) is 3.80. The molecular formula is C61H49N3O. The zero-order valence-corrected chi connectivity index (χ0v) is 36.7. The first-order chi connectivity index (χ1) is 31.8. The van der Waals surface area contributed by atoms with Gasteiger partial charge in [-0.05, 0) is 140 Å². The van der Waals surface area contributed by atoms with Gasteiger partial charge >= 0.3 is 0 Å². The van der Waals surface area contributed by atoms with E-state index >= 15 is 0 Å². The fourth-order valence-corrected chi connectivity index (χ4v) is 9.77. The normalized spacial score (nSPS) is 12.6. The standard InChI is InChI=1S/C61H49N3O/c1-4-41-14-16-42(17-15-41)39-65-40-43-18-33-53-54-34-32-52(38-58(54)61(2,3)57(53)36-43)63(50-28-21-45(22-29-50)44-19-26-48(62)27-20-44)51-30-23-46(24-31-51)47-25-35-60-56(37-47)55-12-8-9-13-59(55)64(60)49-10-6-5-7-11-49/h4-38H,1,39-40,62H2,2-3H3. The minimum absolute atomic E-state index is 0.214. The van der Waals surface area contributed by atoms with Crippen LogP contribution >= 0.6 is 0 Å². The van der Waals surface area contributed by atoms with Gasteiger partial charge in [-0.25, -0.2) is 0 Å². The van der Waals surface area contributed by atoms with Crippen LogP contribution in [0.25, 0.3) is 66.9 Å². The minimum Gasteiger partial charge on any atom is -0.399 e. The predicted octanol–water partition coefficient (Wildman–Crippen LogP) is 15.8. The molecule has 2 N–H and O–H groups in total. The van der Waals surface area contributed by atoms with E-state index in [0.29, 0.717) is 13.2 Å². The lowest BCUT2D eigenvalue weighted by atomic mass is 9.82. The number of anilines is 4. The van der Waals surface area contributed by atoms with Gasteiger partial charge in [0.2, 0.25) is 0 Å². The van der Waals surface area contributed by atoms with Gasteiger partial charge in [0, 0.05) is 44.6 Å². The van der Waals surface area contributed by atoms with E-state index < -0.39 is 0 Å². The van der Waals surface area contributed by atoms with Gasteiger partial charge in [-0.1, -0.05) is 154 Å². The first-order valence-electron chi connectivity index (χ1n) is 22.3. The quantitative estimate of drug-likeness (QED) is 0.132. The monoisotopic (exact) mass is 839 g/mol. The lowest BCUT2D eigenvalue weighted by Gasteiger charge is -2.28. The van der Waals surface area contributed by atoms with Crippen molar-refractivity contribution in [3.63, 3.8) is 0 Å². The van der Waals surface area contributed by atoms with E-state index in [1.54, 1.807) is 0 Å². The van der Waals surface area contributed by atoms with Gasteiger partial charge in [0.05, 0.1) is 24.2 Å². The summed E-state index contributed by atoms with van der Waals surface area (Å²) in [4.78, 5) is 2.38. The van der Waals surface area contributed by atoms with Crippen LogP contribution < -0.4 is 10.6 Å². The number of hydrogen-bond acceptors (Lipinski definition) is 3. The van der Waals surface area contributed by atoms with Crippen LogP contribution in [-0.2, 0) is 23.4 Å². The maximum atomic E-state index is 6.23. The van der Waals surface area contributed by atoms with Crippen LogP contribution in [0.2, 0.25) is 0 Å². The van der Waals surface area contributed by atoms with E-state index in [2.05, 4.69) is 224 Å². The number of para-hydroxylation sites is 2. The molecule has 1 aromatic heterocycles. The third-order valence-corrected chi connectivity index (χ3v) is 13.3. The molecule has 1 aliphatic carbocycles. The van der Waals surface area contributed by atoms with Crippen molar-refractivity contribution in [2.24, 2.45) is 0 Å². The highest BCUT2D eigenvalue weighted by atomic mass is 16.5. The average molecular weight is 840 g/mol. The first-order valence-corrected chi connectivity index (χ1v) is 22.3. The van der Waals surface area contributed by atoms with Crippen molar-refractivity contribution < 1.29 is 4.74 Å². The molecule has 0 spiro atoms. The number of rotatable bonds is 11. The molecule has 0 saturated carbocycles. The van der Waals surface area contributed by atoms with Gasteiger partial charge < -0.3 is 19.9 Å². The molecule has 4 heteroatoms. The second kappa shape index (κ2) is 16.3. The molecule has 0 unspecified atom stereocenters. The van der Waals surface area contributed by atoms with E-state index in [1.165, 1.54) is 60.8 Å². The maximum absolute atomic E-state index is 6.23. The summed E-state index contributed by atoms with van der Waals surface area (Å²) in [6, 6.07) is 74.4. The van der Waals surface area contributed by atoms with E-state index in [-0.39, 0.29) is 5.41 Å². The molecule has 0 amide bonds. The molecule has 9 aromatic carbocycles. The number of benzene rings is 9. The molecule has 4 nitrogen and oxygen atoms in total. The lowest BCUT2D eigenvalue weighted by Crippen LogP contribution is -2.17. The van der Waals surface area contributed by atoms with Gasteiger partial charge in [0.1, 0.15) is 0 Å². The van der Waals surface area contributed by atoms with Crippen LogP contribution in [0.15, 0.2) is 213 Å². The van der Waals surface area contributed by atoms with Crippen molar-refractivity contribution in [3.8, 4) is 39.1 Å². The smallest absolute Gasteiger partial charge is 0.0721 e. The second-order valence-electron chi connectivity index (χ2n) is 17.6. The van der Waals surface area contributed by atoms with Crippen LogP contribution in [0.1, 0.15) is 41.7 Å². The van der Waals surface area contributed by atoms with Gasteiger partial charge in [0.15, 0.2) is 0 Å². The number of ether oxygens (including phenoxy) is 1. The molecule has 0 aliphatic heterocycles. The Morgan fingerprint density at radius 2 is 1.05 bits per heavy atom. The Kier molecular flexibility index (Phi) is 10.0. The van der Waals surface area contributed by atoms with Gasteiger partial charge in [-0.3, -0.25) is 0 Å². The number of nitrogens with two attached hydrogens (primary N) is 1. The highest BCUT2D eigenvalue weighted by Gasteiger charge is 2.36. The van der Waals surface area contributed by atoms with Crippen molar-refractivity contribution in [3.05, 3.63) is 241 Å². The summed E-state index contributed by atoms with van der Waals surface area (Å²) >= 11 is 0. The second-order valence-corrected chi connectivity index (χ2v) is 17.6. The largest absolute Gasteiger partial charge is 0.399 e. The molecule has 0 radical (unpaired) electrons.